The fourth-order valence-electron chi connectivity index (χ4n) is 8.61. The number of hydrogen-bond donors (Lipinski definition) is 0. The van der Waals surface area contributed by atoms with Crippen LogP contribution in [0.15, 0.2) is 0 Å². The molecule has 0 radical (unpaired) electrons. The van der Waals surface area contributed by atoms with E-state index in [2.05, 4.69) is 0 Å². The van der Waals surface area contributed by atoms with Crippen molar-refractivity contribution in [1.82, 2.24) is 0 Å². The van der Waals surface area contributed by atoms with Crippen molar-refractivity contribution in [2.45, 2.75) is 51.4 Å². The standard InChI is InChI=1S/C16H22/c1-3-11-5-13-14-6-12-4-2-10-8-16(12,14)15(11,13)7-9(1)10/h9-14H,1-8H2. The third-order valence-electron chi connectivity index (χ3n) is 8.85. The van der Waals surface area contributed by atoms with Crippen LogP contribution in [-0.2, 0) is 0 Å². The third kappa shape index (κ3) is 0.497. The van der Waals surface area contributed by atoms with E-state index in [9.17, 15) is 0 Å². The minimum Gasteiger partial charge on any atom is -0.0499 e. The second-order valence-electron chi connectivity index (χ2n) is 8.24. The number of hydrogen-bond acceptors (Lipinski definition) is 0. The Labute approximate surface area is 98.2 Å². The molecule has 0 aliphatic heterocycles. The second kappa shape index (κ2) is 2.04. The van der Waals surface area contributed by atoms with Crippen molar-refractivity contribution in [2.75, 3.05) is 0 Å². The fraction of sp³-hybridized carbons (Fsp3) is 1.00. The molecule has 8 atom stereocenters. The highest BCUT2D eigenvalue weighted by atomic mass is 14.9. The molecular weight excluding hydrogens is 192 g/mol. The van der Waals surface area contributed by atoms with Crippen molar-refractivity contribution in [3.05, 3.63) is 0 Å². The predicted molar refractivity (Wildman–Crippen MR) is 62.7 cm³/mol. The fourth-order valence-corrected chi connectivity index (χ4v) is 8.61. The minimum absolute atomic E-state index is 0.973. The van der Waals surface area contributed by atoms with E-state index < -0.39 is 0 Å². The topological polar surface area (TPSA) is 0 Å². The van der Waals surface area contributed by atoms with Crippen molar-refractivity contribution in [3.63, 3.8) is 0 Å². The molecule has 0 aromatic rings. The highest BCUT2D eigenvalue weighted by Gasteiger charge is 2.86. The number of fused-ring (bicyclic) bond motifs is 4. The summed E-state index contributed by atoms with van der Waals surface area (Å²) in [4.78, 5) is 0. The van der Waals surface area contributed by atoms with Gasteiger partial charge in [0.25, 0.3) is 0 Å². The highest BCUT2D eigenvalue weighted by molar-refractivity contribution is 5.34. The van der Waals surface area contributed by atoms with Crippen molar-refractivity contribution < 1.29 is 0 Å². The van der Waals surface area contributed by atoms with Gasteiger partial charge in [0, 0.05) is 0 Å². The summed E-state index contributed by atoms with van der Waals surface area (Å²) in [6.45, 7) is 0. The van der Waals surface area contributed by atoms with Gasteiger partial charge in [-0.3, -0.25) is 0 Å². The molecule has 0 heteroatoms. The van der Waals surface area contributed by atoms with Gasteiger partial charge in [0.05, 0.1) is 0 Å². The van der Waals surface area contributed by atoms with E-state index in [1.54, 1.807) is 51.4 Å². The molecule has 0 N–H and O–H groups in total. The summed E-state index contributed by atoms with van der Waals surface area (Å²) in [5.41, 5.74) is 1.95. The van der Waals surface area contributed by atoms with Crippen LogP contribution in [0, 0.1) is 46.3 Å². The van der Waals surface area contributed by atoms with E-state index in [0.29, 0.717) is 0 Å². The van der Waals surface area contributed by atoms with Crippen LogP contribution in [0.2, 0.25) is 0 Å². The van der Waals surface area contributed by atoms with E-state index in [1.807, 2.05) is 0 Å². The maximum Gasteiger partial charge on any atom is -0.0173 e. The molecule has 6 saturated carbocycles. The first-order chi connectivity index (χ1) is 7.86. The van der Waals surface area contributed by atoms with Gasteiger partial charge >= 0.3 is 0 Å². The van der Waals surface area contributed by atoms with Crippen molar-refractivity contribution >= 4 is 0 Å². The second-order valence-corrected chi connectivity index (χ2v) is 8.24. The Kier molecular flexibility index (Phi) is 1.04. The van der Waals surface area contributed by atoms with Crippen LogP contribution in [0.4, 0.5) is 0 Å². The SMILES string of the molecule is C1CC2CC3C4CC5CCC6CC54C23CC16. The average molecular weight is 214 g/mol. The van der Waals surface area contributed by atoms with Gasteiger partial charge in [-0.15, -0.1) is 0 Å². The van der Waals surface area contributed by atoms with Gasteiger partial charge in [-0.1, -0.05) is 0 Å². The molecule has 0 aromatic carbocycles. The van der Waals surface area contributed by atoms with E-state index in [4.69, 9.17) is 0 Å². The maximum absolute atomic E-state index is 1.71. The van der Waals surface area contributed by atoms with Gasteiger partial charge in [0.15, 0.2) is 0 Å². The first-order valence-corrected chi connectivity index (χ1v) is 7.86. The zero-order chi connectivity index (χ0) is 10.1. The summed E-state index contributed by atoms with van der Waals surface area (Å²) >= 11 is 0. The zero-order valence-corrected chi connectivity index (χ0v) is 10.1. The van der Waals surface area contributed by atoms with E-state index in [1.165, 1.54) is 35.5 Å². The zero-order valence-electron chi connectivity index (χ0n) is 10.1. The van der Waals surface area contributed by atoms with Gasteiger partial charge in [-0.2, -0.15) is 0 Å². The molecule has 8 unspecified atom stereocenters. The van der Waals surface area contributed by atoms with Crippen LogP contribution in [0.3, 0.4) is 0 Å². The Hall–Kier alpha value is 0. The molecule has 6 aliphatic rings. The van der Waals surface area contributed by atoms with E-state index in [-0.39, 0.29) is 0 Å². The maximum atomic E-state index is 1.71. The van der Waals surface area contributed by atoms with E-state index in [0.717, 1.165) is 10.8 Å². The summed E-state index contributed by atoms with van der Waals surface area (Å²) in [5.74, 6) is 7.30. The van der Waals surface area contributed by atoms with Crippen LogP contribution < -0.4 is 0 Å². The van der Waals surface area contributed by atoms with Gasteiger partial charge < -0.3 is 0 Å². The molecule has 86 valence electrons. The lowest BCUT2D eigenvalue weighted by Crippen LogP contribution is -2.85. The molecule has 6 fully saturated rings. The van der Waals surface area contributed by atoms with Crippen LogP contribution in [-0.4, -0.2) is 0 Å². The largest absolute Gasteiger partial charge is 0.0499 e. The lowest BCUT2D eigenvalue weighted by Gasteiger charge is -2.91. The molecule has 16 heavy (non-hydrogen) atoms. The van der Waals surface area contributed by atoms with Crippen LogP contribution in [0.25, 0.3) is 0 Å². The summed E-state index contributed by atoms with van der Waals surface area (Å²) in [6.07, 6.45) is 13.3. The van der Waals surface area contributed by atoms with E-state index >= 15 is 0 Å². The van der Waals surface area contributed by atoms with Gasteiger partial charge in [0.2, 0.25) is 0 Å². The molecule has 0 amide bonds. The molecular formula is C16H22. The van der Waals surface area contributed by atoms with Gasteiger partial charge in [0.1, 0.15) is 0 Å². The minimum atomic E-state index is 0.973. The Morgan fingerprint density at radius 2 is 1.12 bits per heavy atom. The Balaban J connectivity index is 1.58. The summed E-state index contributed by atoms with van der Waals surface area (Å²) in [7, 11) is 0. The van der Waals surface area contributed by atoms with Crippen molar-refractivity contribution in [3.8, 4) is 0 Å². The molecule has 2 spiro atoms. The molecule has 4 bridgehead atoms. The van der Waals surface area contributed by atoms with Gasteiger partial charge in [-0.25, -0.2) is 0 Å². The molecule has 0 heterocycles. The quantitative estimate of drug-likeness (QED) is 0.574. The molecule has 0 saturated heterocycles. The van der Waals surface area contributed by atoms with Crippen LogP contribution >= 0.6 is 0 Å². The Morgan fingerprint density at radius 3 is 1.62 bits per heavy atom. The normalized spacial score (nSPS) is 76.5. The number of rotatable bonds is 0. The monoisotopic (exact) mass is 214 g/mol. The summed E-state index contributed by atoms with van der Waals surface area (Å²) < 4.78 is 0. The summed E-state index contributed by atoms with van der Waals surface area (Å²) in [6, 6.07) is 0. The Morgan fingerprint density at radius 1 is 0.625 bits per heavy atom. The Bertz CT molecular complexity index is 345. The van der Waals surface area contributed by atoms with Crippen molar-refractivity contribution in [2.24, 2.45) is 46.3 Å². The van der Waals surface area contributed by atoms with Gasteiger partial charge in [-0.05, 0) is 97.7 Å². The predicted octanol–water partition coefficient (Wildman–Crippen LogP) is 3.86. The lowest BCUT2D eigenvalue weighted by molar-refractivity contribution is -0.435. The first kappa shape index (κ1) is 8.16. The van der Waals surface area contributed by atoms with Crippen LogP contribution in [0.1, 0.15) is 51.4 Å². The lowest BCUT2D eigenvalue weighted by atomic mass is 9.13. The molecule has 6 rings (SSSR count). The molecule has 6 aliphatic carbocycles. The molecule has 0 aromatic heterocycles. The third-order valence-corrected chi connectivity index (χ3v) is 8.85. The average Bonchev–Trinajstić information content (AvgIpc) is 2.27. The van der Waals surface area contributed by atoms with Crippen LogP contribution in [0.5, 0.6) is 0 Å². The highest BCUT2D eigenvalue weighted by Crippen LogP contribution is 2.93. The molecule has 0 nitrogen and oxygen atoms in total. The summed E-state index contributed by atoms with van der Waals surface area (Å²) in [5, 5.41) is 0. The van der Waals surface area contributed by atoms with Crippen molar-refractivity contribution in [1.29, 1.82) is 0 Å². The first-order valence-electron chi connectivity index (χ1n) is 7.86. The smallest absolute Gasteiger partial charge is 0.0173 e.